The Balaban J connectivity index is 0.00000306. The molecule has 0 radical (unpaired) electrons. The minimum Gasteiger partial charge on any atom is -0.444 e. The van der Waals surface area contributed by atoms with Crippen molar-refractivity contribution >= 4 is 29.9 Å². The van der Waals surface area contributed by atoms with Gasteiger partial charge in [0.2, 0.25) is 5.89 Å². The van der Waals surface area contributed by atoms with Gasteiger partial charge in [-0.3, -0.25) is 14.6 Å². The van der Waals surface area contributed by atoms with Crippen LogP contribution in [-0.2, 0) is 20.0 Å². The van der Waals surface area contributed by atoms with E-state index in [0.717, 1.165) is 75.5 Å². The lowest BCUT2D eigenvalue weighted by Gasteiger charge is -2.30. The quantitative estimate of drug-likeness (QED) is 0.313. The van der Waals surface area contributed by atoms with Crippen LogP contribution >= 0.6 is 24.0 Å². The van der Waals surface area contributed by atoms with Crippen LogP contribution in [0.25, 0.3) is 0 Å². The summed E-state index contributed by atoms with van der Waals surface area (Å²) in [6.45, 7) is 13.1. The van der Waals surface area contributed by atoms with Gasteiger partial charge in [0, 0.05) is 39.4 Å². The molecule has 4 rings (SSSR count). The largest absolute Gasteiger partial charge is 0.444 e. The first-order chi connectivity index (χ1) is 15.5. The molecular weight excluding hydrogens is 529 g/mol. The summed E-state index contributed by atoms with van der Waals surface area (Å²) >= 11 is 0. The number of aryl methyl sites for hydroxylation is 3. The number of rotatable bonds is 7. The minimum absolute atomic E-state index is 0. The Kier molecular flexibility index (Phi) is 9.60. The molecule has 0 saturated carbocycles. The summed E-state index contributed by atoms with van der Waals surface area (Å²) in [5.41, 5.74) is 2.34. The average molecular weight is 570 g/mol. The second kappa shape index (κ2) is 12.2. The summed E-state index contributed by atoms with van der Waals surface area (Å²) in [7, 11) is 1.99. The molecule has 0 spiro atoms. The molecule has 2 fully saturated rings. The molecule has 1 N–H and O–H groups in total. The van der Waals surface area contributed by atoms with Gasteiger partial charge in [0.25, 0.3) is 0 Å². The molecule has 2 aliphatic heterocycles. The molecule has 9 heteroatoms. The third-order valence-electron chi connectivity index (χ3n) is 6.84. The van der Waals surface area contributed by atoms with Crippen LogP contribution in [0.5, 0.6) is 0 Å². The maximum Gasteiger partial charge on any atom is 0.208 e. The number of likely N-dealkylation sites (tertiary alicyclic amines) is 2. The predicted octanol–water partition coefficient (Wildman–Crippen LogP) is 3.39. The molecule has 8 nitrogen and oxygen atoms in total. The zero-order valence-corrected chi connectivity index (χ0v) is 22.9. The molecule has 2 aromatic heterocycles. The molecule has 0 aromatic carbocycles. The van der Waals surface area contributed by atoms with E-state index in [1.165, 1.54) is 24.8 Å². The van der Waals surface area contributed by atoms with Crippen molar-refractivity contribution in [2.45, 2.75) is 53.0 Å². The van der Waals surface area contributed by atoms with Crippen LogP contribution in [0.2, 0.25) is 0 Å². The minimum atomic E-state index is 0. The highest BCUT2D eigenvalue weighted by molar-refractivity contribution is 14.0. The first-order valence-corrected chi connectivity index (χ1v) is 12.2. The third kappa shape index (κ3) is 7.18. The molecule has 33 heavy (non-hydrogen) atoms. The number of oxazole rings is 1. The predicted molar refractivity (Wildman–Crippen MR) is 142 cm³/mol. The van der Waals surface area contributed by atoms with Crippen molar-refractivity contribution in [3.8, 4) is 0 Å². The highest BCUT2D eigenvalue weighted by Gasteiger charge is 2.26. The Morgan fingerprint density at radius 2 is 1.94 bits per heavy atom. The monoisotopic (exact) mass is 569 g/mol. The zero-order valence-electron chi connectivity index (χ0n) is 20.6. The molecule has 0 bridgehead atoms. The Hall–Kier alpha value is -1.62. The van der Waals surface area contributed by atoms with E-state index in [1.807, 2.05) is 31.8 Å². The van der Waals surface area contributed by atoms with Crippen molar-refractivity contribution in [2.24, 2.45) is 23.9 Å². The van der Waals surface area contributed by atoms with Crippen molar-refractivity contribution in [3.63, 3.8) is 0 Å². The van der Waals surface area contributed by atoms with Gasteiger partial charge in [-0.25, -0.2) is 4.98 Å². The fourth-order valence-corrected chi connectivity index (χ4v) is 4.87. The number of nitrogens with one attached hydrogen (secondary N) is 1. The van der Waals surface area contributed by atoms with Crippen LogP contribution in [0.15, 0.2) is 21.8 Å². The fraction of sp³-hybridized carbons (Fsp3) is 0.708. The van der Waals surface area contributed by atoms with Gasteiger partial charge in [0.05, 0.1) is 18.4 Å². The topological polar surface area (TPSA) is 74.7 Å². The first-order valence-electron chi connectivity index (χ1n) is 12.2. The Morgan fingerprint density at radius 1 is 1.18 bits per heavy atom. The van der Waals surface area contributed by atoms with Crippen LogP contribution < -0.4 is 5.32 Å². The van der Waals surface area contributed by atoms with Crippen molar-refractivity contribution < 1.29 is 4.42 Å². The molecule has 1 unspecified atom stereocenters. The van der Waals surface area contributed by atoms with Crippen molar-refractivity contribution in [1.29, 1.82) is 0 Å². The summed E-state index contributed by atoms with van der Waals surface area (Å²) in [5, 5.41) is 7.84. The molecule has 184 valence electrons. The summed E-state index contributed by atoms with van der Waals surface area (Å²) in [6, 6.07) is 0. The van der Waals surface area contributed by atoms with Gasteiger partial charge >= 0.3 is 0 Å². The first kappa shape index (κ1) is 26.0. The normalized spacial score (nSPS) is 20.3. The summed E-state index contributed by atoms with van der Waals surface area (Å²) in [6.07, 6.45) is 8.83. The second-order valence-electron chi connectivity index (χ2n) is 9.49. The Labute approximate surface area is 215 Å². The number of hydrogen-bond acceptors (Lipinski definition) is 5. The SMILES string of the molecule is CCNC(=NCC1CCN(Cc2nc(C)c(C)o2)CC1)N1CCC(Cc2cnn(C)c2)C1.I. The highest BCUT2D eigenvalue weighted by atomic mass is 127. The van der Waals surface area contributed by atoms with Gasteiger partial charge < -0.3 is 14.6 Å². The number of hydrogen-bond donors (Lipinski definition) is 1. The van der Waals surface area contributed by atoms with Crippen LogP contribution in [0.3, 0.4) is 0 Å². The van der Waals surface area contributed by atoms with Crippen LogP contribution in [-0.4, -0.2) is 69.8 Å². The van der Waals surface area contributed by atoms with Gasteiger partial charge in [-0.05, 0) is 76.9 Å². The van der Waals surface area contributed by atoms with Gasteiger partial charge in [-0.1, -0.05) is 0 Å². The summed E-state index contributed by atoms with van der Waals surface area (Å²) in [4.78, 5) is 14.5. The molecule has 0 aliphatic carbocycles. The molecular formula is C24H40IN7O. The smallest absolute Gasteiger partial charge is 0.208 e. The molecule has 1 atom stereocenters. The lowest BCUT2D eigenvalue weighted by atomic mass is 9.97. The molecule has 2 saturated heterocycles. The second-order valence-corrected chi connectivity index (χ2v) is 9.49. The van der Waals surface area contributed by atoms with Gasteiger partial charge in [-0.2, -0.15) is 5.10 Å². The average Bonchev–Trinajstić information content (AvgIpc) is 3.48. The van der Waals surface area contributed by atoms with Gasteiger partial charge in [0.15, 0.2) is 5.96 Å². The van der Waals surface area contributed by atoms with Gasteiger partial charge in [0.1, 0.15) is 5.76 Å². The number of nitrogens with zero attached hydrogens (tertiary/aromatic N) is 6. The third-order valence-corrected chi connectivity index (χ3v) is 6.84. The van der Waals surface area contributed by atoms with E-state index in [2.05, 4.69) is 38.3 Å². The summed E-state index contributed by atoms with van der Waals surface area (Å²) in [5.74, 6) is 4.20. The fourth-order valence-electron chi connectivity index (χ4n) is 4.87. The molecule has 0 amide bonds. The standard InChI is InChI=1S/C24H39N7O.HI/c1-5-25-24(31-11-8-21(16-31)12-22-14-27-29(4)15-22)26-13-20-6-9-30(10-7-20)17-23-28-18(2)19(3)32-23;/h14-15,20-21H,5-13,16-17H2,1-4H3,(H,25,26);1H. The maximum atomic E-state index is 5.76. The summed E-state index contributed by atoms with van der Waals surface area (Å²) < 4.78 is 7.66. The number of aromatic nitrogens is 3. The molecule has 2 aromatic rings. The van der Waals surface area contributed by atoms with Gasteiger partial charge in [-0.15, -0.1) is 24.0 Å². The number of halogens is 1. The zero-order chi connectivity index (χ0) is 22.5. The Bertz CT molecular complexity index is 881. The highest BCUT2D eigenvalue weighted by Crippen LogP contribution is 2.22. The van der Waals surface area contributed by atoms with E-state index in [1.54, 1.807) is 0 Å². The van der Waals surface area contributed by atoms with E-state index in [0.29, 0.717) is 11.8 Å². The number of piperidine rings is 1. The van der Waals surface area contributed by atoms with E-state index < -0.39 is 0 Å². The Morgan fingerprint density at radius 3 is 2.58 bits per heavy atom. The van der Waals surface area contributed by atoms with E-state index in [9.17, 15) is 0 Å². The number of aliphatic imine (C=N–C) groups is 1. The van der Waals surface area contributed by atoms with E-state index in [4.69, 9.17) is 9.41 Å². The van der Waals surface area contributed by atoms with Crippen molar-refractivity contribution in [2.75, 3.05) is 39.3 Å². The van der Waals surface area contributed by atoms with E-state index >= 15 is 0 Å². The maximum absolute atomic E-state index is 5.76. The van der Waals surface area contributed by atoms with Crippen LogP contribution in [0.1, 0.15) is 49.1 Å². The lowest BCUT2D eigenvalue weighted by Crippen LogP contribution is -2.41. The van der Waals surface area contributed by atoms with E-state index in [-0.39, 0.29) is 24.0 Å². The molecule has 4 heterocycles. The van der Waals surface area contributed by atoms with Crippen molar-refractivity contribution in [3.05, 3.63) is 35.3 Å². The lowest BCUT2D eigenvalue weighted by molar-refractivity contribution is 0.166. The van der Waals surface area contributed by atoms with Crippen LogP contribution in [0, 0.1) is 25.7 Å². The molecule has 2 aliphatic rings. The van der Waals surface area contributed by atoms with Crippen LogP contribution in [0.4, 0.5) is 0 Å². The van der Waals surface area contributed by atoms with Crippen molar-refractivity contribution in [1.82, 2.24) is 29.9 Å². The number of guanidine groups is 1.